The molecule has 0 spiro atoms. The van der Waals surface area contributed by atoms with Gasteiger partial charge >= 0.3 is 6.03 Å². The largest absolute Gasteiger partial charge is 0.478 e. The van der Waals surface area contributed by atoms with E-state index in [2.05, 4.69) is 15.2 Å². The highest BCUT2D eigenvalue weighted by atomic mass is 16.5. The number of nitrogens with zero attached hydrogens (tertiary/aromatic N) is 3. The van der Waals surface area contributed by atoms with Crippen LogP contribution in [0.1, 0.15) is 31.7 Å². The van der Waals surface area contributed by atoms with Crippen molar-refractivity contribution in [2.24, 2.45) is 0 Å². The number of amides is 2. The fourth-order valence-corrected chi connectivity index (χ4v) is 3.44. The zero-order chi connectivity index (χ0) is 16.1. The average molecular weight is 318 g/mol. The molecule has 3 rings (SSSR count). The van der Waals surface area contributed by atoms with E-state index in [1.165, 1.54) is 25.9 Å². The summed E-state index contributed by atoms with van der Waals surface area (Å²) in [5, 5.41) is 3.00. The van der Waals surface area contributed by atoms with E-state index in [0.717, 1.165) is 25.1 Å². The average Bonchev–Trinajstić information content (AvgIpc) is 3.25. The fraction of sp³-hybridized carbons (Fsp3) is 0.647. The summed E-state index contributed by atoms with van der Waals surface area (Å²) in [6.45, 7) is 7.02. The van der Waals surface area contributed by atoms with E-state index in [-0.39, 0.29) is 6.03 Å². The minimum Gasteiger partial charge on any atom is -0.478 e. The molecule has 2 amide bonds. The predicted octanol–water partition coefficient (Wildman–Crippen LogP) is 1.86. The van der Waals surface area contributed by atoms with Crippen LogP contribution < -0.4 is 10.1 Å². The van der Waals surface area contributed by atoms with Gasteiger partial charge in [-0.05, 0) is 45.3 Å². The Kier molecular flexibility index (Phi) is 5.33. The van der Waals surface area contributed by atoms with Crippen molar-refractivity contribution >= 4 is 6.03 Å². The van der Waals surface area contributed by atoms with E-state index in [1.54, 1.807) is 6.20 Å². The SMILES string of the molecule is CCOc1ncccc1CNC(=O)N1CC[C@H](N2CCCC2)C1. The van der Waals surface area contributed by atoms with Gasteiger partial charge in [0.2, 0.25) is 5.88 Å². The first-order valence-electron chi connectivity index (χ1n) is 8.61. The summed E-state index contributed by atoms with van der Waals surface area (Å²) in [5.74, 6) is 0.603. The molecule has 2 aliphatic rings. The Bertz CT molecular complexity index is 531. The standard InChI is InChI=1S/C17H26N4O2/c1-2-23-16-14(6-5-8-18-16)12-19-17(22)21-11-7-15(13-21)20-9-3-4-10-20/h5-6,8,15H,2-4,7,9-13H2,1H3,(H,19,22)/t15-/m0/s1. The Morgan fingerprint density at radius 3 is 3.00 bits per heavy atom. The van der Waals surface area contributed by atoms with Gasteiger partial charge in [0.15, 0.2) is 0 Å². The maximum atomic E-state index is 12.4. The highest BCUT2D eigenvalue weighted by Crippen LogP contribution is 2.20. The molecule has 1 aromatic heterocycles. The normalized spacial score (nSPS) is 21.6. The lowest BCUT2D eigenvalue weighted by molar-refractivity contribution is 0.198. The second-order valence-corrected chi connectivity index (χ2v) is 6.19. The van der Waals surface area contributed by atoms with E-state index in [0.29, 0.717) is 25.1 Å². The van der Waals surface area contributed by atoms with Gasteiger partial charge in [-0.3, -0.25) is 4.90 Å². The summed E-state index contributed by atoms with van der Waals surface area (Å²) in [5.41, 5.74) is 0.915. The van der Waals surface area contributed by atoms with Crippen LogP contribution in [0.4, 0.5) is 4.79 Å². The van der Waals surface area contributed by atoms with Crippen LogP contribution in [0.3, 0.4) is 0 Å². The number of hydrogen-bond donors (Lipinski definition) is 1. The molecule has 0 bridgehead atoms. The molecule has 2 fully saturated rings. The maximum Gasteiger partial charge on any atom is 0.317 e. The lowest BCUT2D eigenvalue weighted by Crippen LogP contribution is -2.41. The molecular formula is C17H26N4O2. The summed E-state index contributed by atoms with van der Waals surface area (Å²) in [7, 11) is 0. The van der Waals surface area contributed by atoms with Crippen LogP contribution in [-0.2, 0) is 6.54 Å². The molecule has 0 radical (unpaired) electrons. The van der Waals surface area contributed by atoms with Gasteiger partial charge in [-0.15, -0.1) is 0 Å². The minimum absolute atomic E-state index is 0.0120. The number of hydrogen-bond acceptors (Lipinski definition) is 4. The topological polar surface area (TPSA) is 57.7 Å². The molecule has 2 aliphatic heterocycles. The smallest absolute Gasteiger partial charge is 0.317 e. The first-order valence-corrected chi connectivity index (χ1v) is 8.61. The second-order valence-electron chi connectivity index (χ2n) is 6.19. The molecule has 6 heteroatoms. The lowest BCUT2D eigenvalue weighted by Gasteiger charge is -2.23. The Morgan fingerprint density at radius 2 is 2.22 bits per heavy atom. The second kappa shape index (κ2) is 7.64. The molecule has 1 N–H and O–H groups in total. The predicted molar refractivity (Wildman–Crippen MR) is 88.4 cm³/mol. The maximum absolute atomic E-state index is 12.4. The number of aromatic nitrogens is 1. The summed E-state index contributed by atoms with van der Waals surface area (Å²) in [6, 6.07) is 4.36. The molecule has 6 nitrogen and oxygen atoms in total. The van der Waals surface area contributed by atoms with Crippen molar-refractivity contribution in [2.75, 3.05) is 32.8 Å². The number of ether oxygens (including phenoxy) is 1. The molecule has 0 unspecified atom stereocenters. The molecule has 126 valence electrons. The number of nitrogens with one attached hydrogen (secondary N) is 1. The van der Waals surface area contributed by atoms with Crippen molar-refractivity contribution in [1.82, 2.24) is 20.1 Å². The van der Waals surface area contributed by atoms with Crippen LogP contribution in [0.25, 0.3) is 0 Å². The molecule has 3 heterocycles. The van der Waals surface area contributed by atoms with Crippen molar-refractivity contribution in [2.45, 2.75) is 38.8 Å². The summed E-state index contributed by atoms with van der Waals surface area (Å²) in [6.07, 6.45) is 5.38. The highest BCUT2D eigenvalue weighted by Gasteiger charge is 2.31. The minimum atomic E-state index is 0.0120. The molecule has 0 aliphatic carbocycles. The third kappa shape index (κ3) is 3.93. The molecule has 1 atom stereocenters. The summed E-state index contributed by atoms with van der Waals surface area (Å²) < 4.78 is 5.50. The number of pyridine rings is 1. The first-order chi connectivity index (χ1) is 11.3. The molecule has 23 heavy (non-hydrogen) atoms. The van der Waals surface area contributed by atoms with Crippen molar-refractivity contribution in [3.8, 4) is 5.88 Å². The summed E-state index contributed by atoms with van der Waals surface area (Å²) >= 11 is 0. The van der Waals surface area contributed by atoms with Gasteiger partial charge in [0, 0.05) is 37.4 Å². The zero-order valence-corrected chi connectivity index (χ0v) is 13.8. The van der Waals surface area contributed by atoms with Crippen molar-refractivity contribution in [1.29, 1.82) is 0 Å². The number of likely N-dealkylation sites (tertiary alicyclic amines) is 2. The Balaban J connectivity index is 1.50. The molecular weight excluding hydrogens is 292 g/mol. The molecule has 1 aromatic rings. The van der Waals surface area contributed by atoms with Gasteiger partial charge in [0.05, 0.1) is 6.61 Å². The Morgan fingerprint density at radius 1 is 1.39 bits per heavy atom. The van der Waals surface area contributed by atoms with Crippen LogP contribution >= 0.6 is 0 Å². The van der Waals surface area contributed by atoms with E-state index < -0.39 is 0 Å². The highest BCUT2D eigenvalue weighted by molar-refractivity contribution is 5.74. The van der Waals surface area contributed by atoms with Gasteiger partial charge in [0.1, 0.15) is 0 Å². The number of carbonyl (C=O) groups is 1. The fourth-order valence-electron chi connectivity index (χ4n) is 3.44. The Labute approximate surface area is 137 Å². The number of carbonyl (C=O) groups excluding carboxylic acids is 1. The molecule has 0 aromatic carbocycles. The van der Waals surface area contributed by atoms with Gasteiger partial charge < -0.3 is 15.0 Å². The van der Waals surface area contributed by atoms with Gasteiger partial charge in [-0.2, -0.15) is 0 Å². The quantitative estimate of drug-likeness (QED) is 0.900. The molecule has 2 saturated heterocycles. The lowest BCUT2D eigenvalue weighted by atomic mass is 10.2. The van der Waals surface area contributed by atoms with Crippen LogP contribution in [0.5, 0.6) is 5.88 Å². The third-order valence-electron chi connectivity index (χ3n) is 4.67. The van der Waals surface area contributed by atoms with Crippen molar-refractivity contribution < 1.29 is 9.53 Å². The van der Waals surface area contributed by atoms with Gasteiger partial charge in [-0.1, -0.05) is 6.07 Å². The van der Waals surface area contributed by atoms with E-state index in [9.17, 15) is 4.79 Å². The van der Waals surface area contributed by atoms with Crippen LogP contribution in [0, 0.1) is 0 Å². The van der Waals surface area contributed by atoms with Gasteiger partial charge in [-0.25, -0.2) is 9.78 Å². The number of rotatable bonds is 5. The van der Waals surface area contributed by atoms with E-state index in [4.69, 9.17) is 4.74 Å². The molecule has 0 saturated carbocycles. The monoisotopic (exact) mass is 318 g/mol. The number of urea groups is 1. The van der Waals surface area contributed by atoms with Gasteiger partial charge in [0.25, 0.3) is 0 Å². The van der Waals surface area contributed by atoms with Crippen molar-refractivity contribution in [3.05, 3.63) is 23.9 Å². The van der Waals surface area contributed by atoms with Crippen LogP contribution in [0.2, 0.25) is 0 Å². The van der Waals surface area contributed by atoms with E-state index >= 15 is 0 Å². The van der Waals surface area contributed by atoms with Crippen LogP contribution in [0.15, 0.2) is 18.3 Å². The van der Waals surface area contributed by atoms with Crippen LogP contribution in [-0.4, -0.2) is 59.6 Å². The zero-order valence-electron chi connectivity index (χ0n) is 13.8. The summed E-state index contributed by atoms with van der Waals surface area (Å²) in [4.78, 5) is 21.1. The first kappa shape index (κ1) is 16.1. The van der Waals surface area contributed by atoms with E-state index in [1.807, 2.05) is 24.0 Å². The van der Waals surface area contributed by atoms with Crippen molar-refractivity contribution in [3.63, 3.8) is 0 Å². The Hall–Kier alpha value is -1.82. The third-order valence-corrected chi connectivity index (χ3v) is 4.67.